The highest BCUT2D eigenvalue weighted by Crippen LogP contribution is 2.35. The topological polar surface area (TPSA) is 41.6 Å². The van der Waals surface area contributed by atoms with E-state index in [1.54, 1.807) is 5.57 Å². The maximum absolute atomic E-state index is 6.10. The summed E-state index contributed by atoms with van der Waals surface area (Å²) < 4.78 is 0. The molecule has 0 bridgehead atoms. The van der Waals surface area contributed by atoms with Gasteiger partial charge in [-0.15, -0.1) is 0 Å². The third kappa shape index (κ3) is 3.67. The van der Waals surface area contributed by atoms with Crippen LogP contribution in [-0.2, 0) is 0 Å². The van der Waals surface area contributed by atoms with E-state index in [9.17, 15) is 0 Å². The minimum absolute atomic E-state index is 0.336. The van der Waals surface area contributed by atoms with Crippen molar-refractivity contribution in [2.24, 2.45) is 16.6 Å². The maximum atomic E-state index is 6.10. The quantitative estimate of drug-likeness (QED) is 0.783. The number of aliphatic imine (C=N–C) groups is 1. The zero-order chi connectivity index (χ0) is 17.1. The van der Waals surface area contributed by atoms with Gasteiger partial charge in [-0.2, -0.15) is 0 Å². The SMILES string of the molecule is NC1CC=C(C2=NCCN2C(C2=CCCCC2)C2C=CC=CC2)CC1. The molecule has 0 saturated carbocycles. The lowest BCUT2D eigenvalue weighted by molar-refractivity contribution is 0.298. The number of amidine groups is 1. The van der Waals surface area contributed by atoms with E-state index in [4.69, 9.17) is 10.7 Å². The lowest BCUT2D eigenvalue weighted by Crippen LogP contribution is -2.45. The molecule has 1 heterocycles. The molecule has 134 valence electrons. The second kappa shape index (κ2) is 7.74. The Morgan fingerprint density at radius 3 is 2.80 bits per heavy atom. The molecule has 4 rings (SSSR count). The zero-order valence-electron chi connectivity index (χ0n) is 15.2. The van der Waals surface area contributed by atoms with Crippen molar-refractivity contribution in [1.29, 1.82) is 0 Å². The van der Waals surface area contributed by atoms with Gasteiger partial charge >= 0.3 is 0 Å². The Morgan fingerprint density at radius 2 is 2.08 bits per heavy atom. The summed E-state index contributed by atoms with van der Waals surface area (Å²) in [6.07, 6.45) is 23.6. The number of nitrogens with two attached hydrogens (primary N) is 1. The van der Waals surface area contributed by atoms with Gasteiger partial charge in [0.2, 0.25) is 0 Å². The number of rotatable bonds is 4. The van der Waals surface area contributed by atoms with E-state index in [1.165, 1.54) is 37.1 Å². The first-order valence-corrected chi connectivity index (χ1v) is 10.1. The van der Waals surface area contributed by atoms with Crippen molar-refractivity contribution < 1.29 is 0 Å². The molecule has 0 aromatic heterocycles. The first kappa shape index (κ1) is 16.8. The highest BCUT2D eigenvalue weighted by molar-refractivity contribution is 5.99. The van der Waals surface area contributed by atoms with Gasteiger partial charge in [-0.1, -0.05) is 42.0 Å². The fourth-order valence-electron chi connectivity index (χ4n) is 4.75. The summed E-state index contributed by atoms with van der Waals surface area (Å²) in [5.74, 6) is 1.84. The number of allylic oxidation sites excluding steroid dienone is 4. The number of hydrogen-bond donors (Lipinski definition) is 1. The molecule has 4 aliphatic rings. The molecule has 0 fully saturated rings. The molecule has 3 nitrogen and oxygen atoms in total. The third-order valence-corrected chi connectivity index (χ3v) is 6.07. The molecule has 3 aliphatic carbocycles. The summed E-state index contributed by atoms with van der Waals surface area (Å²) in [5.41, 5.74) is 9.19. The molecule has 1 aliphatic heterocycles. The van der Waals surface area contributed by atoms with Crippen molar-refractivity contribution in [3.05, 3.63) is 47.6 Å². The van der Waals surface area contributed by atoms with Gasteiger partial charge in [-0.05, 0) is 56.9 Å². The molecule has 0 aromatic carbocycles. The van der Waals surface area contributed by atoms with Crippen LogP contribution in [0.2, 0.25) is 0 Å². The van der Waals surface area contributed by atoms with Gasteiger partial charge in [0.1, 0.15) is 5.84 Å². The van der Waals surface area contributed by atoms with Gasteiger partial charge < -0.3 is 10.6 Å². The van der Waals surface area contributed by atoms with Crippen LogP contribution in [0.15, 0.2) is 52.6 Å². The zero-order valence-corrected chi connectivity index (χ0v) is 15.2. The second-order valence-corrected chi connectivity index (χ2v) is 7.84. The average molecular weight is 338 g/mol. The van der Waals surface area contributed by atoms with E-state index in [1.807, 2.05) is 0 Å². The summed E-state index contributed by atoms with van der Waals surface area (Å²) in [6.45, 7) is 2.00. The Kier molecular flexibility index (Phi) is 5.21. The van der Waals surface area contributed by atoms with Crippen molar-refractivity contribution in [2.75, 3.05) is 13.1 Å². The van der Waals surface area contributed by atoms with Crippen LogP contribution in [0, 0.1) is 5.92 Å². The van der Waals surface area contributed by atoms with Crippen LogP contribution in [-0.4, -0.2) is 35.9 Å². The first-order valence-electron chi connectivity index (χ1n) is 10.1. The molecule has 0 spiro atoms. The average Bonchev–Trinajstić information content (AvgIpc) is 3.14. The van der Waals surface area contributed by atoms with Crippen LogP contribution >= 0.6 is 0 Å². The fourth-order valence-corrected chi connectivity index (χ4v) is 4.75. The van der Waals surface area contributed by atoms with Crippen molar-refractivity contribution in [3.63, 3.8) is 0 Å². The fraction of sp³-hybridized carbons (Fsp3) is 0.591. The summed E-state index contributed by atoms with van der Waals surface area (Å²) in [7, 11) is 0. The van der Waals surface area contributed by atoms with Gasteiger partial charge in [-0.25, -0.2) is 0 Å². The minimum Gasteiger partial charge on any atom is -0.348 e. The smallest absolute Gasteiger partial charge is 0.127 e. The third-order valence-electron chi connectivity index (χ3n) is 6.07. The van der Waals surface area contributed by atoms with Gasteiger partial charge in [0.05, 0.1) is 12.6 Å². The van der Waals surface area contributed by atoms with E-state index in [0.29, 0.717) is 18.0 Å². The van der Waals surface area contributed by atoms with Crippen molar-refractivity contribution in [2.45, 2.75) is 63.5 Å². The van der Waals surface area contributed by atoms with E-state index in [2.05, 4.69) is 41.4 Å². The lowest BCUT2D eigenvalue weighted by atomic mass is 9.81. The van der Waals surface area contributed by atoms with E-state index >= 15 is 0 Å². The Morgan fingerprint density at radius 1 is 1.12 bits per heavy atom. The standard InChI is InChI=1S/C22H31N3/c23-20-13-11-19(12-14-20)22-24-15-16-25(22)21(17-7-3-1-4-8-17)18-9-5-2-6-10-18/h1,3-4,7,9,11,17,20-21H,2,5-6,8,10,12-16,23H2. The monoisotopic (exact) mass is 337 g/mol. The Labute approximate surface area is 152 Å². The van der Waals surface area contributed by atoms with E-state index < -0.39 is 0 Å². The van der Waals surface area contributed by atoms with Gasteiger partial charge in [0.25, 0.3) is 0 Å². The normalized spacial score (nSPS) is 30.8. The number of nitrogens with zero attached hydrogens (tertiary/aromatic N) is 2. The van der Waals surface area contributed by atoms with Crippen molar-refractivity contribution in [1.82, 2.24) is 4.90 Å². The van der Waals surface area contributed by atoms with Crippen LogP contribution in [0.4, 0.5) is 0 Å². The van der Waals surface area contributed by atoms with Crippen LogP contribution < -0.4 is 5.73 Å². The lowest BCUT2D eigenvalue weighted by Gasteiger charge is -2.39. The minimum atomic E-state index is 0.336. The Balaban J connectivity index is 1.62. The molecule has 25 heavy (non-hydrogen) atoms. The van der Waals surface area contributed by atoms with Crippen LogP contribution in [0.3, 0.4) is 0 Å². The highest BCUT2D eigenvalue weighted by atomic mass is 15.3. The van der Waals surface area contributed by atoms with Crippen molar-refractivity contribution in [3.8, 4) is 0 Å². The predicted molar refractivity (Wildman–Crippen MR) is 106 cm³/mol. The summed E-state index contributed by atoms with van der Waals surface area (Å²) >= 11 is 0. The van der Waals surface area contributed by atoms with E-state index in [0.717, 1.165) is 38.8 Å². The molecule has 3 atom stereocenters. The summed E-state index contributed by atoms with van der Waals surface area (Å²) in [6, 6.07) is 0.821. The molecule has 3 heteroatoms. The van der Waals surface area contributed by atoms with Crippen LogP contribution in [0.1, 0.15) is 51.4 Å². The van der Waals surface area contributed by atoms with E-state index in [-0.39, 0.29) is 0 Å². The van der Waals surface area contributed by atoms with Gasteiger partial charge in [0.15, 0.2) is 0 Å². The number of hydrogen-bond acceptors (Lipinski definition) is 3. The Bertz CT molecular complexity index is 638. The Hall–Kier alpha value is -1.61. The molecular weight excluding hydrogens is 306 g/mol. The molecule has 0 aromatic rings. The van der Waals surface area contributed by atoms with Crippen molar-refractivity contribution >= 4 is 5.84 Å². The molecule has 2 N–H and O–H groups in total. The van der Waals surface area contributed by atoms with Gasteiger partial charge in [-0.3, -0.25) is 4.99 Å². The summed E-state index contributed by atoms with van der Waals surface area (Å²) in [4.78, 5) is 7.57. The highest BCUT2D eigenvalue weighted by Gasteiger charge is 2.35. The second-order valence-electron chi connectivity index (χ2n) is 7.84. The first-order chi connectivity index (χ1) is 12.3. The molecule has 0 radical (unpaired) electrons. The maximum Gasteiger partial charge on any atom is 0.127 e. The largest absolute Gasteiger partial charge is 0.348 e. The molecular formula is C22H31N3. The molecule has 0 saturated heterocycles. The van der Waals surface area contributed by atoms with Crippen LogP contribution in [0.25, 0.3) is 0 Å². The van der Waals surface area contributed by atoms with Gasteiger partial charge in [0, 0.05) is 18.5 Å². The molecule has 3 unspecified atom stereocenters. The van der Waals surface area contributed by atoms with Crippen LogP contribution in [0.5, 0.6) is 0 Å². The molecule has 0 amide bonds. The predicted octanol–water partition coefficient (Wildman–Crippen LogP) is 4.14. The summed E-state index contributed by atoms with van der Waals surface area (Å²) in [5, 5.41) is 0.